The Morgan fingerprint density at radius 1 is 0.600 bits per heavy atom. The molecule has 15 rings (SSSR count). The van der Waals surface area contributed by atoms with Crippen LogP contribution in [0.5, 0.6) is 0 Å². The molecule has 7 spiro atoms. The molecule has 120 valence electrons. The van der Waals surface area contributed by atoms with Crippen molar-refractivity contribution < 1.29 is 0 Å². The summed E-state index contributed by atoms with van der Waals surface area (Å²) in [5.74, 6) is 17.4. The normalized spacial score (nSPS) is 121. The van der Waals surface area contributed by atoms with Gasteiger partial charge in [0, 0.05) is 0 Å². The monoisotopic (exact) mass is 320 g/mol. The molecule has 0 aromatic heterocycles. The molecular weight excluding hydrogens is 299 g/mol. The van der Waals surface area contributed by atoms with Gasteiger partial charge in [0.15, 0.2) is 0 Å². The second-order valence-electron chi connectivity index (χ2n) is 15.3. The van der Waals surface area contributed by atoms with Gasteiger partial charge >= 0.3 is 0 Å². The van der Waals surface area contributed by atoms with Crippen LogP contribution in [0.1, 0.15) is 19.3 Å². The van der Waals surface area contributed by atoms with Gasteiger partial charge in [0.2, 0.25) is 0 Å². The molecule has 21 unspecified atom stereocenters. The Balaban J connectivity index is 1.16. The summed E-state index contributed by atoms with van der Waals surface area (Å²) in [4.78, 5) is 0. The zero-order valence-corrected chi connectivity index (χ0v) is 14.6. The molecule has 21 atom stereocenters. The van der Waals surface area contributed by atoms with E-state index < -0.39 is 0 Å². The van der Waals surface area contributed by atoms with Crippen LogP contribution in [-0.4, -0.2) is 7.85 Å². The molecule has 1 heteroatoms. The van der Waals surface area contributed by atoms with Crippen LogP contribution >= 0.6 is 0 Å². The van der Waals surface area contributed by atoms with Crippen molar-refractivity contribution in [3.63, 3.8) is 0 Å². The van der Waals surface area contributed by atoms with Gasteiger partial charge in [-0.05, 0) is 133 Å². The maximum atomic E-state index is 2.84. The molecule has 15 saturated carbocycles. The van der Waals surface area contributed by atoms with Gasteiger partial charge in [0.1, 0.15) is 7.85 Å². The zero-order valence-electron chi connectivity index (χ0n) is 14.6. The highest BCUT2D eigenvalue weighted by atomic mass is 15.4. The van der Waals surface area contributed by atoms with Crippen LogP contribution in [0.4, 0.5) is 0 Å². The van der Waals surface area contributed by atoms with Crippen LogP contribution in [0.15, 0.2) is 0 Å². The Kier molecular flexibility index (Phi) is 0.600. The molecule has 0 heterocycles. The fourth-order valence-electron chi connectivity index (χ4n) is 22.3. The van der Waals surface area contributed by atoms with Gasteiger partial charge in [-0.15, -0.1) is 0 Å². The van der Waals surface area contributed by atoms with Crippen molar-refractivity contribution in [2.24, 2.45) is 115 Å². The van der Waals surface area contributed by atoms with E-state index in [9.17, 15) is 0 Å². The first kappa shape index (κ1) is 9.51. The predicted octanol–water partition coefficient (Wildman–Crippen LogP) is 2.07. The minimum Gasteiger partial charge on any atom is -0.0503 e. The summed E-state index contributed by atoms with van der Waals surface area (Å²) in [6.45, 7) is 0. The second kappa shape index (κ2) is 1.58. The van der Waals surface area contributed by atoms with E-state index in [1.807, 2.05) is 0 Å². The maximum Gasteiger partial charge on any atom is 0.110 e. The lowest BCUT2D eigenvalue weighted by Crippen LogP contribution is -3.36. The fraction of sp³-hybridized carbons (Fsp3) is 1.00. The van der Waals surface area contributed by atoms with E-state index in [0.29, 0.717) is 0 Å². The summed E-state index contributed by atoms with van der Waals surface area (Å²) >= 11 is 0. The molecule has 0 amide bonds. The number of rotatable bonds is 0. The quantitative estimate of drug-likeness (QED) is 0.600. The summed E-state index contributed by atoms with van der Waals surface area (Å²) in [7, 11) is 2.84. The van der Waals surface area contributed by atoms with Gasteiger partial charge in [-0.2, -0.15) is 0 Å². The highest BCUT2D eigenvalue weighted by Crippen LogP contribution is 3.40. The first-order valence-corrected chi connectivity index (χ1v) is 12.3. The Morgan fingerprint density at radius 3 is 2.20 bits per heavy atom. The molecule has 15 fully saturated rings. The molecule has 15 aliphatic carbocycles. The molecule has 0 bridgehead atoms. The van der Waals surface area contributed by atoms with Crippen molar-refractivity contribution in [2.75, 3.05) is 0 Å². The Hall–Kier alpha value is 0.0649. The number of hydrogen-bond acceptors (Lipinski definition) is 0. The molecule has 0 saturated heterocycles. The fourth-order valence-corrected chi connectivity index (χ4v) is 22.3. The van der Waals surface area contributed by atoms with E-state index in [2.05, 4.69) is 7.85 Å². The summed E-state index contributed by atoms with van der Waals surface area (Å²) in [5, 5.41) is 0.921. The first-order chi connectivity index (χ1) is 12.3. The summed E-state index contributed by atoms with van der Waals surface area (Å²) < 4.78 is 0. The molecule has 0 aromatic rings. The molecule has 0 aromatic carbocycles. The van der Waals surface area contributed by atoms with Gasteiger partial charge in [-0.3, -0.25) is 0 Å². The van der Waals surface area contributed by atoms with Crippen molar-refractivity contribution in [1.82, 2.24) is 0 Å². The summed E-state index contributed by atoms with van der Waals surface area (Å²) in [5.41, 5.74) is 7.53. The molecule has 15 aliphatic rings. The smallest absolute Gasteiger partial charge is 0.0503 e. The van der Waals surface area contributed by atoms with Gasteiger partial charge in [-0.25, -0.2) is 0 Å². The standard InChI is InChI=1S/C24H21B/c25-17-3-7-9-12-11-8-5-1-4-2-6-10-15-19-14(17)13-16(19)22(9,20(7,13)17)24(12,19)23(11,15)21(8,10)18(4,5)6/h4-16H,1-3,25H2. The van der Waals surface area contributed by atoms with Crippen molar-refractivity contribution in [3.05, 3.63) is 0 Å². The topological polar surface area (TPSA) is 0 Å². The Morgan fingerprint density at radius 2 is 1.36 bits per heavy atom. The SMILES string of the molecule is BC12CC3C4C5C6C7C8CC9CC%10C%11C%12C%13%14C1C1C%13C4(C312)C5%14C6%12C7%11C98%10. The zero-order chi connectivity index (χ0) is 14.6. The molecule has 0 nitrogen and oxygen atoms in total. The highest BCUT2D eigenvalue weighted by molar-refractivity contribution is 6.20. The van der Waals surface area contributed by atoms with Crippen molar-refractivity contribution in [2.45, 2.75) is 24.6 Å². The largest absolute Gasteiger partial charge is 0.110 e. The third-order valence-electron chi connectivity index (χ3n) is 19.1. The highest BCUT2D eigenvalue weighted by Gasteiger charge is 3.37. The molecule has 0 radical (unpaired) electrons. The number of fused-ring (bicyclic) bond motifs is 8. The molecular formula is C24H21B. The van der Waals surface area contributed by atoms with Crippen LogP contribution in [-0.2, 0) is 0 Å². The van der Waals surface area contributed by atoms with Crippen LogP contribution in [0.3, 0.4) is 0 Å². The Labute approximate surface area is 147 Å². The van der Waals surface area contributed by atoms with Gasteiger partial charge in [0.05, 0.1) is 0 Å². The number of hydrogen-bond donors (Lipinski definition) is 0. The van der Waals surface area contributed by atoms with Crippen LogP contribution < -0.4 is 0 Å². The second-order valence-corrected chi connectivity index (χ2v) is 15.3. The van der Waals surface area contributed by atoms with Crippen LogP contribution in [0.2, 0.25) is 5.31 Å². The van der Waals surface area contributed by atoms with E-state index in [1.165, 1.54) is 76.9 Å². The van der Waals surface area contributed by atoms with Gasteiger partial charge < -0.3 is 0 Å². The van der Waals surface area contributed by atoms with Crippen molar-refractivity contribution in [1.29, 1.82) is 0 Å². The first-order valence-electron chi connectivity index (χ1n) is 12.3. The lowest BCUT2D eigenvalue weighted by molar-refractivity contribution is -0.925. The maximum absolute atomic E-state index is 2.84. The van der Waals surface area contributed by atoms with E-state index in [0.717, 1.165) is 43.2 Å². The predicted molar refractivity (Wildman–Crippen MR) is 87.5 cm³/mol. The Bertz CT molecular complexity index is 1160. The van der Waals surface area contributed by atoms with Crippen molar-refractivity contribution in [3.8, 4) is 0 Å². The van der Waals surface area contributed by atoms with Crippen LogP contribution in [0.25, 0.3) is 0 Å². The third kappa shape index (κ3) is 0.271. The summed E-state index contributed by atoms with van der Waals surface area (Å²) in [6, 6.07) is 0. The average molecular weight is 320 g/mol. The molecule has 25 heavy (non-hydrogen) atoms. The van der Waals surface area contributed by atoms with E-state index >= 15 is 0 Å². The molecule has 0 N–H and O–H groups in total. The minimum absolute atomic E-state index is 0.921. The third-order valence-corrected chi connectivity index (χ3v) is 19.1. The van der Waals surface area contributed by atoms with E-state index in [1.54, 1.807) is 19.3 Å². The lowest BCUT2D eigenvalue weighted by atomic mass is 8.64. The lowest BCUT2D eigenvalue weighted by Gasteiger charge is -3.39. The van der Waals surface area contributed by atoms with Crippen LogP contribution in [0, 0.1) is 115 Å². The van der Waals surface area contributed by atoms with E-state index in [4.69, 9.17) is 0 Å². The average Bonchev–Trinajstić information content (AvgIpc) is 2.47. The van der Waals surface area contributed by atoms with Gasteiger partial charge in [0.25, 0.3) is 0 Å². The molecule has 0 aliphatic heterocycles. The van der Waals surface area contributed by atoms with Gasteiger partial charge in [-0.1, -0.05) is 6.42 Å². The minimum atomic E-state index is 0.921. The van der Waals surface area contributed by atoms with E-state index in [-0.39, 0.29) is 0 Å². The summed E-state index contributed by atoms with van der Waals surface area (Å²) in [6.07, 6.45) is 5.19. The van der Waals surface area contributed by atoms with Crippen molar-refractivity contribution >= 4 is 7.85 Å².